The van der Waals surface area contributed by atoms with E-state index in [0.717, 1.165) is 40.8 Å². The van der Waals surface area contributed by atoms with Crippen molar-refractivity contribution in [2.24, 2.45) is 0 Å². The number of aryl methyl sites for hydroxylation is 1. The number of carbonyl (C=O) groups excluding carboxylic acids is 1. The molecule has 2 heterocycles. The highest BCUT2D eigenvalue weighted by Crippen LogP contribution is 2.12. The number of H-pyrrole nitrogens is 1. The second-order valence-corrected chi connectivity index (χ2v) is 6.74. The molecule has 0 aliphatic carbocycles. The summed E-state index contributed by atoms with van der Waals surface area (Å²) >= 11 is 0. The molecule has 0 unspecified atom stereocenters. The number of benzene rings is 2. The summed E-state index contributed by atoms with van der Waals surface area (Å²) in [6, 6.07) is 16.1. The van der Waals surface area contributed by atoms with Crippen molar-refractivity contribution in [1.29, 1.82) is 0 Å². The first-order valence-corrected chi connectivity index (χ1v) is 9.37. The lowest BCUT2D eigenvalue weighted by Gasteiger charge is -2.07. The van der Waals surface area contributed by atoms with Gasteiger partial charge in [0.25, 0.3) is 0 Å². The van der Waals surface area contributed by atoms with E-state index in [4.69, 9.17) is 0 Å². The lowest BCUT2D eigenvalue weighted by molar-refractivity contribution is -0.121. The molecule has 0 saturated carbocycles. The summed E-state index contributed by atoms with van der Waals surface area (Å²) in [4.78, 5) is 23.9. The Morgan fingerprint density at radius 1 is 1.07 bits per heavy atom. The Morgan fingerprint density at radius 2 is 1.89 bits per heavy atom. The highest BCUT2D eigenvalue weighted by molar-refractivity contribution is 5.76. The minimum absolute atomic E-state index is 0.0582. The number of carbonyl (C=O) groups is 1. The highest BCUT2D eigenvalue weighted by Gasteiger charge is 2.05. The van der Waals surface area contributed by atoms with Crippen LogP contribution in [0.5, 0.6) is 0 Å². The lowest BCUT2D eigenvalue weighted by atomic mass is 10.1. The first kappa shape index (κ1) is 17.9. The van der Waals surface area contributed by atoms with Gasteiger partial charge in [0.05, 0.1) is 17.6 Å². The molecule has 7 nitrogen and oxygen atoms in total. The summed E-state index contributed by atoms with van der Waals surface area (Å²) in [6.07, 6.45) is 5.24. The Balaban J connectivity index is 1.19. The maximum Gasteiger partial charge on any atom is 0.220 e. The van der Waals surface area contributed by atoms with Crippen molar-refractivity contribution < 1.29 is 4.79 Å². The third-order valence-electron chi connectivity index (χ3n) is 4.58. The van der Waals surface area contributed by atoms with Gasteiger partial charge in [-0.15, -0.1) is 0 Å². The van der Waals surface area contributed by atoms with Crippen LogP contribution in [-0.2, 0) is 24.3 Å². The molecule has 4 rings (SSSR count). The van der Waals surface area contributed by atoms with Crippen LogP contribution in [0.2, 0.25) is 0 Å². The number of hydrogen-bond donors (Lipinski definition) is 2. The number of aromatic amines is 1. The summed E-state index contributed by atoms with van der Waals surface area (Å²) in [5.41, 5.74) is 4.22. The Morgan fingerprint density at radius 3 is 2.68 bits per heavy atom. The minimum Gasteiger partial charge on any atom is -0.352 e. The second kappa shape index (κ2) is 8.47. The predicted molar refractivity (Wildman–Crippen MR) is 106 cm³/mol. The van der Waals surface area contributed by atoms with Crippen molar-refractivity contribution in [3.63, 3.8) is 0 Å². The Bertz CT molecular complexity index is 1000. The van der Waals surface area contributed by atoms with Crippen molar-refractivity contribution in [3.8, 4) is 0 Å². The number of rotatable bonds is 8. The number of nitrogens with one attached hydrogen (secondary N) is 2. The fourth-order valence-corrected chi connectivity index (χ4v) is 3.09. The van der Waals surface area contributed by atoms with Gasteiger partial charge in [-0.25, -0.2) is 14.6 Å². The molecule has 142 valence electrons. The van der Waals surface area contributed by atoms with Gasteiger partial charge in [-0.3, -0.25) is 4.79 Å². The zero-order chi connectivity index (χ0) is 19.2. The number of imidazole rings is 1. The molecule has 0 fully saturated rings. The van der Waals surface area contributed by atoms with Crippen LogP contribution in [0.15, 0.2) is 61.2 Å². The van der Waals surface area contributed by atoms with Crippen molar-refractivity contribution in [3.05, 3.63) is 78.1 Å². The van der Waals surface area contributed by atoms with Gasteiger partial charge in [-0.1, -0.05) is 36.4 Å². The molecule has 1 amide bonds. The molecule has 4 aromatic rings. The van der Waals surface area contributed by atoms with E-state index in [0.29, 0.717) is 19.5 Å². The number of aromatic nitrogens is 5. The normalized spacial score (nSPS) is 11.0. The van der Waals surface area contributed by atoms with Crippen molar-refractivity contribution >= 4 is 16.9 Å². The summed E-state index contributed by atoms with van der Waals surface area (Å²) < 4.78 is 1.78. The lowest BCUT2D eigenvalue weighted by Crippen LogP contribution is -2.22. The zero-order valence-electron chi connectivity index (χ0n) is 15.5. The summed E-state index contributed by atoms with van der Waals surface area (Å²) in [5.74, 6) is 0.986. The highest BCUT2D eigenvalue weighted by atomic mass is 16.1. The van der Waals surface area contributed by atoms with Crippen LogP contribution in [0.1, 0.15) is 29.8 Å². The Labute approximate surface area is 162 Å². The van der Waals surface area contributed by atoms with Crippen LogP contribution >= 0.6 is 0 Å². The third kappa shape index (κ3) is 4.62. The fraction of sp³-hybridized carbons (Fsp3) is 0.238. The number of para-hydroxylation sites is 2. The van der Waals surface area contributed by atoms with Gasteiger partial charge < -0.3 is 10.3 Å². The fourth-order valence-electron chi connectivity index (χ4n) is 3.09. The molecule has 0 spiro atoms. The third-order valence-corrected chi connectivity index (χ3v) is 4.58. The van der Waals surface area contributed by atoms with Crippen LogP contribution in [0, 0.1) is 0 Å². The van der Waals surface area contributed by atoms with Crippen LogP contribution < -0.4 is 5.32 Å². The van der Waals surface area contributed by atoms with Gasteiger partial charge in [-0.2, -0.15) is 5.10 Å². The SMILES string of the molecule is O=C(CCCc1nc2ccccc2[nH]1)NCc1ccc(Cn2cncn2)cc1. The van der Waals surface area contributed by atoms with Crippen LogP contribution in [-0.4, -0.2) is 30.6 Å². The molecular formula is C21H22N6O. The molecule has 0 radical (unpaired) electrons. The molecular weight excluding hydrogens is 352 g/mol. The van der Waals surface area contributed by atoms with Crippen LogP contribution in [0.4, 0.5) is 0 Å². The molecule has 7 heteroatoms. The molecule has 0 saturated heterocycles. The molecule has 0 bridgehead atoms. The number of nitrogens with zero attached hydrogens (tertiary/aromatic N) is 4. The van der Waals surface area contributed by atoms with Gasteiger partial charge in [0.15, 0.2) is 0 Å². The monoisotopic (exact) mass is 374 g/mol. The topological polar surface area (TPSA) is 88.5 Å². The minimum atomic E-state index is 0.0582. The average molecular weight is 374 g/mol. The van der Waals surface area contributed by atoms with E-state index in [2.05, 4.69) is 25.4 Å². The Hall–Kier alpha value is -3.48. The molecule has 0 atom stereocenters. The van der Waals surface area contributed by atoms with Gasteiger partial charge in [0, 0.05) is 19.4 Å². The number of hydrogen-bond acceptors (Lipinski definition) is 4. The largest absolute Gasteiger partial charge is 0.352 e. The molecule has 2 aromatic carbocycles. The summed E-state index contributed by atoms with van der Waals surface area (Å²) in [5, 5.41) is 7.08. The van der Waals surface area contributed by atoms with Crippen molar-refractivity contribution in [1.82, 2.24) is 30.0 Å². The first-order chi connectivity index (χ1) is 13.8. The quantitative estimate of drug-likeness (QED) is 0.496. The first-order valence-electron chi connectivity index (χ1n) is 9.37. The maximum absolute atomic E-state index is 12.1. The summed E-state index contributed by atoms with van der Waals surface area (Å²) in [6.45, 7) is 1.22. The van der Waals surface area contributed by atoms with Gasteiger partial charge in [-0.05, 0) is 29.7 Å². The molecule has 0 aliphatic heterocycles. The van der Waals surface area contributed by atoms with E-state index < -0.39 is 0 Å². The van der Waals surface area contributed by atoms with Crippen molar-refractivity contribution in [2.45, 2.75) is 32.4 Å². The molecule has 0 aliphatic rings. The number of fused-ring (bicyclic) bond motifs is 1. The average Bonchev–Trinajstić information content (AvgIpc) is 3.36. The van der Waals surface area contributed by atoms with Crippen molar-refractivity contribution in [2.75, 3.05) is 0 Å². The van der Waals surface area contributed by atoms with Gasteiger partial charge in [0.2, 0.25) is 5.91 Å². The molecule has 28 heavy (non-hydrogen) atoms. The number of amides is 1. The maximum atomic E-state index is 12.1. The predicted octanol–water partition coefficient (Wildman–Crippen LogP) is 2.84. The van der Waals surface area contributed by atoms with E-state index >= 15 is 0 Å². The zero-order valence-corrected chi connectivity index (χ0v) is 15.5. The van der Waals surface area contributed by atoms with E-state index in [9.17, 15) is 4.79 Å². The summed E-state index contributed by atoms with van der Waals surface area (Å²) in [7, 11) is 0. The van der Waals surface area contributed by atoms with Gasteiger partial charge >= 0.3 is 0 Å². The second-order valence-electron chi connectivity index (χ2n) is 6.74. The van der Waals surface area contributed by atoms with E-state index in [-0.39, 0.29) is 5.91 Å². The molecule has 2 N–H and O–H groups in total. The smallest absolute Gasteiger partial charge is 0.220 e. The van der Waals surface area contributed by atoms with Crippen LogP contribution in [0.25, 0.3) is 11.0 Å². The van der Waals surface area contributed by atoms with Gasteiger partial charge in [0.1, 0.15) is 18.5 Å². The Kier molecular flexibility index (Phi) is 5.42. The standard InChI is InChI=1S/C21H22N6O/c28-21(7-3-6-20-25-18-4-1-2-5-19(18)26-20)23-12-16-8-10-17(11-9-16)13-27-15-22-14-24-27/h1-2,4-5,8-11,14-15H,3,6-7,12-13H2,(H,23,28)(H,25,26). The molecule has 2 aromatic heterocycles. The van der Waals surface area contributed by atoms with Crippen LogP contribution in [0.3, 0.4) is 0 Å². The van der Waals surface area contributed by atoms with E-state index in [1.54, 1.807) is 11.0 Å². The van der Waals surface area contributed by atoms with E-state index in [1.807, 2.05) is 48.5 Å². The van der Waals surface area contributed by atoms with E-state index in [1.165, 1.54) is 6.33 Å².